The van der Waals surface area contributed by atoms with E-state index >= 15 is 0 Å². The van der Waals surface area contributed by atoms with Gasteiger partial charge < -0.3 is 0 Å². The molecule has 5 heteroatoms. The third-order valence-electron chi connectivity index (χ3n) is 4.67. The summed E-state index contributed by atoms with van der Waals surface area (Å²) in [4.78, 5) is 25.8. The largest absolute Gasteiger partial charge is 0.298 e. The lowest BCUT2D eigenvalue weighted by atomic mass is 9.87. The molecule has 0 radical (unpaired) electrons. The van der Waals surface area contributed by atoms with Crippen LogP contribution < -0.4 is 5.32 Å². The van der Waals surface area contributed by atoms with Crippen molar-refractivity contribution in [1.82, 2.24) is 10.2 Å². The number of nitrogens with zero attached hydrogens (tertiary/aromatic N) is 1. The number of thiocarbonyl (C=S) groups is 1. The minimum absolute atomic E-state index is 0.171. The second kappa shape index (κ2) is 5.13. The van der Waals surface area contributed by atoms with Gasteiger partial charge in [-0.15, -0.1) is 6.58 Å². The summed E-state index contributed by atoms with van der Waals surface area (Å²) < 4.78 is 0. The second-order valence-corrected chi connectivity index (χ2v) is 6.27. The minimum atomic E-state index is -0.358. The predicted molar refractivity (Wildman–Crippen MR) is 79.7 cm³/mol. The van der Waals surface area contributed by atoms with E-state index in [4.69, 9.17) is 12.2 Å². The number of carbonyl (C=O) groups excluding carboxylic acids is 2. The van der Waals surface area contributed by atoms with Gasteiger partial charge in [-0.05, 0) is 49.2 Å². The van der Waals surface area contributed by atoms with Gasteiger partial charge in [-0.2, -0.15) is 0 Å². The first kappa shape index (κ1) is 13.5. The van der Waals surface area contributed by atoms with Crippen molar-refractivity contribution in [2.45, 2.75) is 25.7 Å². The lowest BCUT2D eigenvalue weighted by Crippen LogP contribution is -2.54. The van der Waals surface area contributed by atoms with Crippen LogP contribution in [0, 0.1) is 17.8 Å². The highest BCUT2D eigenvalue weighted by Gasteiger charge is 2.40. The molecule has 0 spiro atoms. The summed E-state index contributed by atoms with van der Waals surface area (Å²) in [7, 11) is 0. The minimum Gasteiger partial charge on any atom is -0.298 e. The summed E-state index contributed by atoms with van der Waals surface area (Å²) in [6, 6.07) is 0. The van der Waals surface area contributed by atoms with Crippen molar-refractivity contribution in [3.05, 3.63) is 24.3 Å². The van der Waals surface area contributed by atoms with Crippen molar-refractivity contribution in [1.29, 1.82) is 0 Å². The fourth-order valence-corrected chi connectivity index (χ4v) is 3.97. The van der Waals surface area contributed by atoms with Crippen LogP contribution in [0.4, 0.5) is 0 Å². The Bertz CT molecular complexity index is 526. The first-order valence-corrected chi connectivity index (χ1v) is 7.51. The average molecular weight is 290 g/mol. The number of fused-ring (bicyclic) bond motifs is 2. The molecule has 2 saturated carbocycles. The van der Waals surface area contributed by atoms with Crippen LogP contribution in [0.15, 0.2) is 24.3 Å². The molecule has 1 aliphatic heterocycles. The lowest BCUT2D eigenvalue weighted by molar-refractivity contribution is -0.128. The van der Waals surface area contributed by atoms with Crippen LogP contribution in [0.1, 0.15) is 25.7 Å². The van der Waals surface area contributed by atoms with E-state index < -0.39 is 0 Å². The molecule has 1 N–H and O–H groups in total. The topological polar surface area (TPSA) is 49.4 Å². The van der Waals surface area contributed by atoms with Gasteiger partial charge in [0.2, 0.25) is 0 Å². The Morgan fingerprint density at radius 3 is 2.75 bits per heavy atom. The number of allylic oxidation sites excluding steroid dienone is 1. The Hall–Kier alpha value is -1.49. The summed E-state index contributed by atoms with van der Waals surface area (Å²) in [5.41, 5.74) is 0.248. The number of carbonyl (C=O) groups is 2. The highest BCUT2D eigenvalue weighted by molar-refractivity contribution is 7.80. The first-order valence-electron chi connectivity index (χ1n) is 7.10. The standard InChI is InChI=1S/C15H18N2O2S/c1-2-5-17-14(19)12(13(18)16-15(17)20)8-11-7-9-3-4-10(11)6-9/h2,8-11H,1,3-7H2,(H,16,18,20)/b12-8+/t9-,10+,11?/m1/s1. The van der Waals surface area contributed by atoms with Gasteiger partial charge in [0.15, 0.2) is 5.11 Å². The third kappa shape index (κ3) is 2.20. The molecule has 3 aliphatic rings. The molecule has 106 valence electrons. The fraction of sp³-hybridized carbons (Fsp3) is 0.533. The molecule has 2 aliphatic carbocycles. The normalized spacial score (nSPS) is 34.8. The van der Waals surface area contributed by atoms with Crippen molar-refractivity contribution in [2.24, 2.45) is 17.8 Å². The van der Waals surface area contributed by atoms with E-state index in [1.807, 2.05) is 6.08 Å². The van der Waals surface area contributed by atoms with E-state index in [0.717, 1.165) is 12.3 Å². The summed E-state index contributed by atoms with van der Waals surface area (Å²) >= 11 is 5.03. The van der Waals surface area contributed by atoms with Gasteiger partial charge in [-0.25, -0.2) is 0 Å². The molecule has 0 aromatic rings. The monoisotopic (exact) mass is 290 g/mol. The summed E-state index contributed by atoms with van der Waals surface area (Å²) in [6.07, 6.45) is 8.39. The van der Waals surface area contributed by atoms with E-state index in [2.05, 4.69) is 11.9 Å². The van der Waals surface area contributed by atoms with E-state index in [1.54, 1.807) is 6.08 Å². The molecule has 0 aromatic carbocycles. The van der Waals surface area contributed by atoms with Crippen LogP contribution in [-0.2, 0) is 9.59 Å². The number of nitrogens with one attached hydrogen (secondary N) is 1. The van der Waals surface area contributed by atoms with E-state index in [-0.39, 0.29) is 22.5 Å². The van der Waals surface area contributed by atoms with Crippen LogP contribution in [0.3, 0.4) is 0 Å². The molecule has 3 rings (SSSR count). The molecule has 0 aromatic heterocycles. The predicted octanol–water partition coefficient (Wildman–Crippen LogP) is 1.78. The zero-order valence-electron chi connectivity index (χ0n) is 11.3. The van der Waals surface area contributed by atoms with Crippen LogP contribution >= 0.6 is 12.2 Å². The maximum atomic E-state index is 12.4. The van der Waals surface area contributed by atoms with Crippen molar-refractivity contribution in [3.63, 3.8) is 0 Å². The van der Waals surface area contributed by atoms with E-state index in [9.17, 15) is 9.59 Å². The van der Waals surface area contributed by atoms with E-state index in [1.165, 1.54) is 24.2 Å². The van der Waals surface area contributed by atoms with Crippen molar-refractivity contribution >= 4 is 29.1 Å². The van der Waals surface area contributed by atoms with Gasteiger partial charge in [0, 0.05) is 6.54 Å². The molecule has 4 nitrogen and oxygen atoms in total. The summed E-state index contributed by atoms with van der Waals surface area (Å²) in [5.74, 6) is 1.16. The van der Waals surface area contributed by atoms with Gasteiger partial charge >= 0.3 is 0 Å². The quantitative estimate of drug-likeness (QED) is 0.373. The zero-order valence-corrected chi connectivity index (χ0v) is 12.1. The molecule has 20 heavy (non-hydrogen) atoms. The molecule has 2 amide bonds. The molecule has 3 atom stereocenters. The van der Waals surface area contributed by atoms with Crippen LogP contribution in [0.2, 0.25) is 0 Å². The fourth-order valence-electron chi connectivity index (χ4n) is 3.72. The maximum absolute atomic E-state index is 12.4. The van der Waals surface area contributed by atoms with Gasteiger partial charge in [-0.3, -0.25) is 19.8 Å². The van der Waals surface area contributed by atoms with E-state index in [0.29, 0.717) is 18.4 Å². The maximum Gasteiger partial charge on any atom is 0.265 e. The Kier molecular flexibility index (Phi) is 3.46. The second-order valence-electron chi connectivity index (χ2n) is 5.88. The van der Waals surface area contributed by atoms with Crippen LogP contribution in [-0.4, -0.2) is 28.4 Å². The lowest BCUT2D eigenvalue weighted by Gasteiger charge is -2.29. The van der Waals surface area contributed by atoms with Crippen molar-refractivity contribution < 1.29 is 9.59 Å². The van der Waals surface area contributed by atoms with Gasteiger partial charge in [0.25, 0.3) is 11.8 Å². The van der Waals surface area contributed by atoms with Gasteiger partial charge in [0.05, 0.1) is 0 Å². The Labute approximate surface area is 123 Å². The Morgan fingerprint density at radius 1 is 1.35 bits per heavy atom. The molecular weight excluding hydrogens is 272 g/mol. The Morgan fingerprint density at radius 2 is 2.15 bits per heavy atom. The van der Waals surface area contributed by atoms with Crippen molar-refractivity contribution in [3.8, 4) is 0 Å². The number of hydrogen-bond donors (Lipinski definition) is 1. The number of hydrogen-bond acceptors (Lipinski definition) is 3. The smallest absolute Gasteiger partial charge is 0.265 e. The Balaban J connectivity index is 1.83. The van der Waals surface area contributed by atoms with Crippen LogP contribution in [0.25, 0.3) is 0 Å². The first-order chi connectivity index (χ1) is 9.60. The zero-order chi connectivity index (χ0) is 14.3. The van der Waals surface area contributed by atoms with Gasteiger partial charge in [-0.1, -0.05) is 18.6 Å². The average Bonchev–Trinajstić information content (AvgIpc) is 3.01. The molecular formula is C15H18N2O2S. The molecule has 2 bridgehead atoms. The third-order valence-corrected chi connectivity index (χ3v) is 4.99. The highest BCUT2D eigenvalue weighted by atomic mass is 32.1. The number of rotatable bonds is 3. The van der Waals surface area contributed by atoms with Gasteiger partial charge in [0.1, 0.15) is 5.57 Å². The summed E-state index contributed by atoms with van der Waals surface area (Å²) in [6.45, 7) is 3.94. The van der Waals surface area contributed by atoms with Crippen molar-refractivity contribution in [2.75, 3.05) is 6.54 Å². The SMILES string of the molecule is C=CCN1C(=O)/C(=C/C2C[C@@H]3CC[C@H]2C3)C(=O)NC1=S. The van der Waals surface area contributed by atoms with Crippen LogP contribution in [0.5, 0.6) is 0 Å². The summed E-state index contributed by atoms with van der Waals surface area (Å²) in [5, 5.41) is 2.77. The molecule has 3 fully saturated rings. The molecule has 1 saturated heterocycles. The highest BCUT2D eigenvalue weighted by Crippen LogP contribution is 2.49. The number of amides is 2. The molecule has 1 heterocycles. The molecule has 1 unspecified atom stereocenters.